The van der Waals surface area contributed by atoms with Crippen LogP contribution in [-0.2, 0) is 16.0 Å². The zero-order valence-corrected chi connectivity index (χ0v) is 12.2. The van der Waals surface area contributed by atoms with Crippen LogP contribution in [0.2, 0.25) is 0 Å². The Labute approximate surface area is 123 Å². The Balaban J connectivity index is 2.71. The Morgan fingerprint density at radius 2 is 1.90 bits per heavy atom. The third-order valence-electron chi connectivity index (χ3n) is 3.34. The quantitative estimate of drug-likeness (QED) is 0.572. The van der Waals surface area contributed by atoms with Gasteiger partial charge in [-0.1, -0.05) is 26.3 Å². The minimum Gasteiger partial charge on any atom is -0.504 e. The topological polar surface area (TPSA) is 107 Å². The van der Waals surface area contributed by atoms with E-state index in [0.717, 1.165) is 6.42 Å². The first-order valence-corrected chi connectivity index (χ1v) is 6.86. The molecule has 0 fully saturated rings. The number of benzene rings is 1. The van der Waals surface area contributed by atoms with Gasteiger partial charge in [0.05, 0.1) is 0 Å². The van der Waals surface area contributed by atoms with E-state index in [-0.39, 0.29) is 36.2 Å². The maximum Gasteiger partial charge on any atom is 0.326 e. The molecule has 0 aromatic heterocycles. The molecule has 1 aromatic carbocycles. The molecule has 0 heterocycles. The van der Waals surface area contributed by atoms with Crippen LogP contribution in [0.4, 0.5) is 0 Å². The molecule has 4 N–H and O–H groups in total. The van der Waals surface area contributed by atoms with E-state index < -0.39 is 12.0 Å². The van der Waals surface area contributed by atoms with E-state index >= 15 is 0 Å². The van der Waals surface area contributed by atoms with Crippen LogP contribution < -0.4 is 5.32 Å². The molecule has 1 aromatic rings. The fourth-order valence-corrected chi connectivity index (χ4v) is 1.85. The summed E-state index contributed by atoms with van der Waals surface area (Å²) in [4.78, 5) is 23.0. The van der Waals surface area contributed by atoms with Crippen LogP contribution in [0.15, 0.2) is 18.2 Å². The van der Waals surface area contributed by atoms with Gasteiger partial charge in [0.1, 0.15) is 6.04 Å². The normalized spacial score (nSPS) is 13.4. The fraction of sp³-hybridized carbons (Fsp3) is 0.467. The zero-order valence-electron chi connectivity index (χ0n) is 12.2. The molecule has 1 amide bonds. The average Bonchev–Trinajstić information content (AvgIpc) is 2.41. The maximum atomic E-state index is 11.8. The predicted molar refractivity (Wildman–Crippen MR) is 77.1 cm³/mol. The van der Waals surface area contributed by atoms with Gasteiger partial charge in [-0.3, -0.25) is 4.79 Å². The van der Waals surface area contributed by atoms with Gasteiger partial charge in [0, 0.05) is 12.8 Å². The van der Waals surface area contributed by atoms with Crippen LogP contribution in [0.1, 0.15) is 32.3 Å². The molecular weight excluding hydrogens is 274 g/mol. The number of rotatable bonds is 7. The van der Waals surface area contributed by atoms with E-state index in [4.69, 9.17) is 0 Å². The van der Waals surface area contributed by atoms with E-state index in [2.05, 4.69) is 5.32 Å². The van der Waals surface area contributed by atoms with Crippen LogP contribution in [-0.4, -0.2) is 33.2 Å². The SMILES string of the molecule is CCC(C)CC(=O)N[C@@H](Cc1ccc(O)c(O)c1)C(=O)O. The van der Waals surface area contributed by atoms with Gasteiger partial charge in [0.15, 0.2) is 11.5 Å². The predicted octanol–water partition coefficient (Wildman–Crippen LogP) is 1.65. The molecule has 6 heteroatoms. The van der Waals surface area contributed by atoms with Crippen LogP contribution in [0.25, 0.3) is 0 Å². The smallest absolute Gasteiger partial charge is 0.326 e. The summed E-state index contributed by atoms with van der Waals surface area (Å²) in [5, 5.41) is 30.3. The number of hydrogen-bond acceptors (Lipinski definition) is 4. The standard InChI is InChI=1S/C15H21NO5/c1-3-9(2)6-14(19)16-11(15(20)21)7-10-4-5-12(17)13(18)8-10/h4-5,8-9,11,17-18H,3,6-7H2,1-2H3,(H,16,19)(H,20,21)/t9?,11-/m0/s1. The van der Waals surface area contributed by atoms with Gasteiger partial charge in [-0.25, -0.2) is 4.79 Å². The minimum atomic E-state index is -1.14. The van der Waals surface area contributed by atoms with E-state index in [1.165, 1.54) is 18.2 Å². The lowest BCUT2D eigenvalue weighted by atomic mass is 10.0. The van der Waals surface area contributed by atoms with E-state index in [9.17, 15) is 24.9 Å². The second kappa shape index (κ2) is 7.52. The van der Waals surface area contributed by atoms with Crippen LogP contribution >= 0.6 is 0 Å². The van der Waals surface area contributed by atoms with Gasteiger partial charge in [-0.15, -0.1) is 0 Å². The van der Waals surface area contributed by atoms with Crippen molar-refractivity contribution in [1.29, 1.82) is 0 Å². The molecule has 0 saturated carbocycles. The van der Waals surface area contributed by atoms with Crippen LogP contribution in [0.5, 0.6) is 11.5 Å². The molecule has 0 aliphatic heterocycles. The van der Waals surface area contributed by atoms with Crippen molar-refractivity contribution in [1.82, 2.24) is 5.32 Å². The molecule has 1 rings (SSSR count). The Hall–Kier alpha value is -2.24. The van der Waals surface area contributed by atoms with Gasteiger partial charge in [-0.05, 0) is 23.6 Å². The lowest BCUT2D eigenvalue weighted by Gasteiger charge is -2.16. The molecule has 21 heavy (non-hydrogen) atoms. The molecule has 116 valence electrons. The van der Waals surface area contributed by atoms with Crippen LogP contribution in [0, 0.1) is 5.92 Å². The van der Waals surface area contributed by atoms with Crippen molar-refractivity contribution >= 4 is 11.9 Å². The summed E-state index contributed by atoms with van der Waals surface area (Å²) in [6, 6.07) is 3.01. The number of aromatic hydroxyl groups is 2. The van der Waals surface area contributed by atoms with Gasteiger partial charge < -0.3 is 20.6 Å². The number of amides is 1. The second-order valence-electron chi connectivity index (χ2n) is 5.20. The highest BCUT2D eigenvalue weighted by atomic mass is 16.4. The van der Waals surface area contributed by atoms with Crippen molar-refractivity contribution in [2.24, 2.45) is 5.92 Å². The summed E-state index contributed by atoms with van der Waals surface area (Å²) < 4.78 is 0. The lowest BCUT2D eigenvalue weighted by molar-refractivity contribution is -0.141. The molecule has 2 atom stereocenters. The van der Waals surface area contributed by atoms with E-state index in [0.29, 0.717) is 5.56 Å². The molecule has 0 radical (unpaired) electrons. The summed E-state index contributed by atoms with van der Waals surface area (Å²) in [7, 11) is 0. The van der Waals surface area contributed by atoms with Gasteiger partial charge in [-0.2, -0.15) is 0 Å². The molecule has 0 aliphatic carbocycles. The maximum absolute atomic E-state index is 11.8. The molecule has 0 aliphatic rings. The lowest BCUT2D eigenvalue weighted by Crippen LogP contribution is -2.42. The highest BCUT2D eigenvalue weighted by molar-refractivity contribution is 5.83. The summed E-state index contributed by atoms with van der Waals surface area (Å²) in [6.45, 7) is 3.89. The van der Waals surface area contributed by atoms with E-state index in [1.54, 1.807) is 0 Å². The highest BCUT2D eigenvalue weighted by Gasteiger charge is 2.21. The Kier molecular flexibility index (Phi) is 6.02. The zero-order chi connectivity index (χ0) is 16.0. The van der Waals surface area contributed by atoms with E-state index in [1.807, 2.05) is 13.8 Å². The number of phenols is 2. The summed E-state index contributed by atoms with van der Waals surface area (Å²) in [5.74, 6) is -1.84. The summed E-state index contributed by atoms with van der Waals surface area (Å²) in [6.07, 6.45) is 1.16. The largest absolute Gasteiger partial charge is 0.504 e. The van der Waals surface area contributed by atoms with Crippen molar-refractivity contribution in [3.05, 3.63) is 23.8 Å². The van der Waals surface area contributed by atoms with Crippen molar-refractivity contribution in [2.45, 2.75) is 39.2 Å². The third-order valence-corrected chi connectivity index (χ3v) is 3.34. The van der Waals surface area contributed by atoms with Crippen molar-refractivity contribution in [2.75, 3.05) is 0 Å². The highest BCUT2D eigenvalue weighted by Crippen LogP contribution is 2.25. The molecule has 6 nitrogen and oxygen atoms in total. The molecule has 0 spiro atoms. The van der Waals surface area contributed by atoms with Gasteiger partial charge in [0.2, 0.25) is 5.91 Å². The minimum absolute atomic E-state index is 0.0371. The Morgan fingerprint density at radius 3 is 2.43 bits per heavy atom. The number of carboxylic acid groups (broad SMARTS) is 1. The second-order valence-corrected chi connectivity index (χ2v) is 5.20. The van der Waals surface area contributed by atoms with Crippen molar-refractivity contribution < 1.29 is 24.9 Å². The number of nitrogens with one attached hydrogen (secondary N) is 1. The number of hydrogen-bond donors (Lipinski definition) is 4. The number of carbonyl (C=O) groups excluding carboxylic acids is 1. The van der Waals surface area contributed by atoms with Crippen molar-refractivity contribution in [3.63, 3.8) is 0 Å². The number of carboxylic acids is 1. The van der Waals surface area contributed by atoms with Crippen LogP contribution in [0.3, 0.4) is 0 Å². The molecule has 0 saturated heterocycles. The van der Waals surface area contributed by atoms with Gasteiger partial charge >= 0.3 is 5.97 Å². The summed E-state index contributed by atoms with van der Waals surface area (Å²) >= 11 is 0. The molecule has 1 unspecified atom stereocenters. The summed E-state index contributed by atoms with van der Waals surface area (Å²) in [5.41, 5.74) is 0.515. The Bertz CT molecular complexity index is 515. The fourth-order valence-electron chi connectivity index (χ4n) is 1.85. The first-order valence-electron chi connectivity index (χ1n) is 6.86. The third kappa shape index (κ3) is 5.33. The molecule has 0 bridgehead atoms. The number of aliphatic carboxylic acids is 1. The number of phenolic OH excluding ortho intramolecular Hbond substituents is 2. The Morgan fingerprint density at radius 1 is 1.24 bits per heavy atom. The van der Waals surface area contributed by atoms with Crippen molar-refractivity contribution in [3.8, 4) is 11.5 Å². The molecular formula is C15H21NO5. The monoisotopic (exact) mass is 295 g/mol. The number of carbonyl (C=O) groups is 2. The average molecular weight is 295 g/mol. The van der Waals surface area contributed by atoms with Gasteiger partial charge in [0.25, 0.3) is 0 Å². The first kappa shape index (κ1) is 16.8. The first-order chi connectivity index (χ1) is 9.83.